The van der Waals surface area contributed by atoms with Crippen molar-refractivity contribution in [1.82, 2.24) is 4.90 Å². The van der Waals surface area contributed by atoms with Crippen molar-refractivity contribution in [2.45, 2.75) is 56.0 Å². The molecule has 0 saturated heterocycles. The molecule has 0 aliphatic heterocycles. The number of aliphatic hydroxyl groups excluding tert-OH is 5. The fourth-order valence-corrected chi connectivity index (χ4v) is 7.78. The molecule has 1 amide bonds. The van der Waals surface area contributed by atoms with Crippen LogP contribution in [-0.2, 0) is 19.8 Å². The predicted octanol–water partition coefficient (Wildman–Crippen LogP) is -0.140. The highest BCUT2D eigenvalue weighted by Crippen LogP contribution is 2.57. The number of phenols is 1. The molecule has 0 radical (unpaired) electrons. The third-order valence-electron chi connectivity index (χ3n) is 8.56. The summed E-state index contributed by atoms with van der Waals surface area (Å²) < 4.78 is 0. The minimum Gasteiger partial charge on any atom is -0.508 e. The fourth-order valence-electron chi connectivity index (χ4n) is 6.62. The number of likely N-dealkylation sites (N-methyl/N-ethyl adjacent to an activating group) is 1. The number of Topliss-reactive ketones (excluding diaryl/α,β-unsaturated/α-hetero) is 2. The van der Waals surface area contributed by atoms with Crippen molar-refractivity contribution >= 4 is 35.0 Å². The molecule has 1 saturated carbocycles. The number of benzene rings is 1. The van der Waals surface area contributed by atoms with Gasteiger partial charge in [-0.15, -0.1) is 0 Å². The van der Waals surface area contributed by atoms with E-state index in [1.165, 1.54) is 30.8 Å². The van der Waals surface area contributed by atoms with Gasteiger partial charge < -0.3 is 41.5 Å². The molecule has 1 aromatic carbocycles. The number of aromatic hydroxyl groups is 1. The zero-order chi connectivity index (χ0) is 31.6. The molecule has 3 aliphatic rings. The number of ketones is 2. The van der Waals surface area contributed by atoms with E-state index in [0.717, 1.165) is 0 Å². The molecular weight excluding hydrogens is 568 g/mol. The highest BCUT2D eigenvalue weighted by Gasteiger charge is 2.68. The van der Waals surface area contributed by atoms with E-state index in [1.807, 2.05) is 20.8 Å². The first-order valence-corrected chi connectivity index (χ1v) is 14.6. The molecule has 1 unspecified atom stereocenters. The number of carbonyl (C=O) groups is 3. The Morgan fingerprint density at radius 3 is 2.31 bits per heavy atom. The number of nitrogens with zero attached hydrogens (tertiary/aromatic N) is 1. The van der Waals surface area contributed by atoms with E-state index in [9.17, 15) is 50.1 Å². The number of thioether (sulfide) groups is 1. The summed E-state index contributed by atoms with van der Waals surface area (Å²) in [6.07, 6.45) is -2.78. The van der Waals surface area contributed by atoms with Crippen LogP contribution in [0.1, 0.15) is 43.4 Å². The lowest BCUT2D eigenvalue weighted by Gasteiger charge is -2.54. The lowest BCUT2D eigenvalue weighted by molar-refractivity contribution is -0.169. The van der Waals surface area contributed by atoms with Crippen LogP contribution in [0.2, 0.25) is 0 Å². The van der Waals surface area contributed by atoms with Crippen LogP contribution in [-0.4, -0.2) is 114 Å². The number of fused-ring (bicyclic) bond motifs is 3. The van der Waals surface area contributed by atoms with Crippen LogP contribution < -0.4 is 5.73 Å². The lowest BCUT2D eigenvalue weighted by Crippen LogP contribution is -2.70. The summed E-state index contributed by atoms with van der Waals surface area (Å²) in [4.78, 5) is 41.2. The van der Waals surface area contributed by atoms with E-state index in [1.54, 1.807) is 12.1 Å². The van der Waals surface area contributed by atoms with E-state index in [-0.39, 0.29) is 22.8 Å². The van der Waals surface area contributed by atoms with E-state index < -0.39 is 93.8 Å². The van der Waals surface area contributed by atoms with Gasteiger partial charge in [0.2, 0.25) is 5.78 Å². The zero-order valence-corrected chi connectivity index (χ0v) is 24.8. The molecule has 3 aliphatic carbocycles. The van der Waals surface area contributed by atoms with Gasteiger partial charge in [-0.3, -0.25) is 19.3 Å². The molecule has 0 aromatic heterocycles. The van der Waals surface area contributed by atoms with Crippen LogP contribution in [0.25, 0.3) is 5.76 Å². The summed E-state index contributed by atoms with van der Waals surface area (Å²) >= 11 is 1.19. The lowest BCUT2D eigenvalue weighted by atomic mass is 9.54. The highest BCUT2D eigenvalue weighted by molar-refractivity contribution is 7.99. The molecule has 42 heavy (non-hydrogen) atoms. The Kier molecular flexibility index (Phi) is 8.35. The van der Waals surface area contributed by atoms with Gasteiger partial charge in [-0.25, -0.2) is 0 Å². The Morgan fingerprint density at radius 1 is 1.17 bits per heavy atom. The van der Waals surface area contributed by atoms with Gasteiger partial charge >= 0.3 is 0 Å². The van der Waals surface area contributed by atoms with Crippen molar-refractivity contribution in [3.05, 3.63) is 45.7 Å². The molecular formula is C29H38N2O10S. The Labute approximate surface area is 247 Å². The summed E-state index contributed by atoms with van der Waals surface area (Å²) in [5.74, 6) is -9.41. The van der Waals surface area contributed by atoms with Crippen LogP contribution in [0, 0.1) is 11.8 Å². The second-order valence-electron chi connectivity index (χ2n) is 12.4. The molecule has 13 heteroatoms. The van der Waals surface area contributed by atoms with Crippen LogP contribution >= 0.6 is 11.8 Å². The van der Waals surface area contributed by atoms with Crippen molar-refractivity contribution in [3.63, 3.8) is 0 Å². The molecule has 7 atom stereocenters. The van der Waals surface area contributed by atoms with Crippen molar-refractivity contribution in [1.29, 1.82) is 0 Å². The van der Waals surface area contributed by atoms with Crippen LogP contribution in [0.3, 0.4) is 0 Å². The smallest absolute Gasteiger partial charge is 0.255 e. The monoisotopic (exact) mass is 606 g/mol. The summed E-state index contributed by atoms with van der Waals surface area (Å²) in [7, 11) is 2.88. The van der Waals surface area contributed by atoms with Crippen molar-refractivity contribution in [2.75, 3.05) is 32.2 Å². The molecule has 1 fully saturated rings. The van der Waals surface area contributed by atoms with Crippen molar-refractivity contribution in [3.8, 4) is 5.75 Å². The standard InChI is InChI=1S/C29H38N2O10S/c1-28(2,3)14-7-6-12-13(10-42-9-11(33)8-32)15-17(22(35)16(12)21(14)34)25(38)29(41)19(23(15)36)20(31(4)5)24(37)18(26(29)39)27(30)40/h6-7,11,13,15,19-20,23,32-36,39,41H,8-10H2,1-5H3,(H2,30,40)/t11?,13-,15+,19+,20-,23-,29-/m0/s1. The topological polar surface area (TPSA) is 222 Å². The van der Waals surface area contributed by atoms with Gasteiger partial charge in [0.05, 0.1) is 36.3 Å². The number of rotatable bonds is 7. The number of aliphatic hydroxyl groups is 6. The molecule has 230 valence electrons. The van der Waals surface area contributed by atoms with E-state index >= 15 is 0 Å². The Balaban J connectivity index is 2.03. The maximum atomic E-state index is 14.3. The molecule has 12 nitrogen and oxygen atoms in total. The minimum absolute atomic E-state index is 0.0841. The number of hydrogen-bond donors (Lipinski definition) is 8. The first-order chi connectivity index (χ1) is 19.4. The molecule has 0 bridgehead atoms. The quantitative estimate of drug-likeness (QED) is 0.190. The molecule has 4 rings (SSSR count). The summed E-state index contributed by atoms with van der Waals surface area (Å²) in [5.41, 5.74) is 1.06. The molecule has 0 spiro atoms. The van der Waals surface area contributed by atoms with Gasteiger partial charge in [0.25, 0.3) is 5.91 Å². The normalized spacial score (nSPS) is 30.3. The van der Waals surface area contributed by atoms with Crippen LogP contribution in [0.5, 0.6) is 5.75 Å². The fraction of sp³-hybridized carbons (Fsp3) is 0.552. The summed E-state index contributed by atoms with van der Waals surface area (Å²) in [6.45, 7) is 5.03. The highest BCUT2D eigenvalue weighted by atomic mass is 32.2. The van der Waals surface area contributed by atoms with Gasteiger partial charge in [0.1, 0.15) is 22.8 Å². The number of nitrogens with two attached hydrogens (primary N) is 1. The van der Waals surface area contributed by atoms with Crippen LogP contribution in [0.15, 0.2) is 29.0 Å². The van der Waals surface area contributed by atoms with Crippen LogP contribution in [0.4, 0.5) is 0 Å². The number of amides is 1. The minimum atomic E-state index is -3.01. The maximum absolute atomic E-state index is 14.3. The number of carbonyl (C=O) groups excluding carboxylic acids is 3. The zero-order valence-electron chi connectivity index (χ0n) is 24.0. The largest absolute Gasteiger partial charge is 0.508 e. The predicted molar refractivity (Wildman–Crippen MR) is 154 cm³/mol. The first-order valence-electron chi connectivity index (χ1n) is 13.5. The second kappa shape index (κ2) is 11.0. The van der Waals surface area contributed by atoms with Gasteiger partial charge in [-0.05, 0) is 25.1 Å². The van der Waals surface area contributed by atoms with Gasteiger partial charge in [0.15, 0.2) is 11.4 Å². The third-order valence-corrected chi connectivity index (χ3v) is 9.77. The second-order valence-corrected chi connectivity index (χ2v) is 13.5. The molecule has 9 N–H and O–H groups in total. The number of phenolic OH excluding ortho intramolecular Hbond substituents is 1. The van der Waals surface area contributed by atoms with E-state index in [2.05, 4.69) is 0 Å². The molecule has 0 heterocycles. The van der Waals surface area contributed by atoms with Gasteiger partial charge in [-0.1, -0.05) is 32.9 Å². The first kappa shape index (κ1) is 32.0. The Bertz CT molecular complexity index is 1400. The van der Waals surface area contributed by atoms with Crippen molar-refractivity contribution < 1.29 is 50.1 Å². The summed E-state index contributed by atoms with van der Waals surface area (Å²) in [6, 6.07) is 1.89. The van der Waals surface area contributed by atoms with Crippen molar-refractivity contribution in [2.24, 2.45) is 17.6 Å². The average Bonchev–Trinajstić information content (AvgIpc) is 2.88. The third kappa shape index (κ3) is 4.63. The SMILES string of the molecule is CN(C)[C@@H]1C(=O)C(C(N)=O)=C(O)[C@@]2(O)C(=O)C3=C(O)c4c(ccc(C(C)(C)C)c4O)[C@H](CSCC(O)CO)[C@H]3[C@H](O)[C@@H]12. The number of hydrogen-bond acceptors (Lipinski definition) is 12. The number of primary amides is 1. The van der Waals surface area contributed by atoms with Gasteiger partial charge in [0, 0.05) is 34.5 Å². The Morgan fingerprint density at radius 2 is 1.79 bits per heavy atom. The summed E-state index contributed by atoms with van der Waals surface area (Å²) in [5, 5.41) is 77.1. The molecule has 1 aromatic rings. The Hall–Kier alpha value is -2.94. The van der Waals surface area contributed by atoms with E-state index in [0.29, 0.717) is 11.1 Å². The van der Waals surface area contributed by atoms with Gasteiger partial charge in [-0.2, -0.15) is 11.8 Å². The van der Waals surface area contributed by atoms with E-state index in [4.69, 9.17) is 5.73 Å². The maximum Gasteiger partial charge on any atom is 0.255 e. The average molecular weight is 607 g/mol.